The number of allylic oxidation sites excluding steroid dienone is 1. The number of ether oxygens (including phenoxy) is 1. The first-order valence-corrected chi connectivity index (χ1v) is 14.4. The Labute approximate surface area is 241 Å². The summed E-state index contributed by atoms with van der Waals surface area (Å²) in [6.45, 7) is 5.05. The zero-order valence-electron chi connectivity index (χ0n) is 24.5. The van der Waals surface area contributed by atoms with Crippen molar-refractivity contribution in [1.29, 1.82) is 0 Å². The van der Waals surface area contributed by atoms with Gasteiger partial charge in [0.25, 0.3) is 0 Å². The van der Waals surface area contributed by atoms with Crippen LogP contribution in [0.25, 0.3) is 11.1 Å². The van der Waals surface area contributed by atoms with E-state index in [1.807, 2.05) is 18.5 Å². The quantitative estimate of drug-likeness (QED) is 0.205. The van der Waals surface area contributed by atoms with Gasteiger partial charge in [0, 0.05) is 25.0 Å². The molecule has 0 radical (unpaired) electrons. The first kappa shape index (κ1) is 29.3. The zero-order chi connectivity index (χ0) is 28.2. The molecule has 2 heterocycles. The van der Waals surface area contributed by atoms with E-state index < -0.39 is 0 Å². The van der Waals surface area contributed by atoms with Gasteiger partial charge in [0.1, 0.15) is 12.4 Å². The highest BCUT2D eigenvalue weighted by Gasteiger charge is 2.22. The maximum Gasteiger partial charge on any atom is 0.119 e. The Morgan fingerprint density at radius 2 is 1.50 bits per heavy atom. The van der Waals surface area contributed by atoms with Gasteiger partial charge in [-0.25, -0.2) is 0 Å². The van der Waals surface area contributed by atoms with Gasteiger partial charge in [-0.3, -0.25) is 9.88 Å². The van der Waals surface area contributed by atoms with Crippen LogP contribution in [-0.4, -0.2) is 55.6 Å². The Morgan fingerprint density at radius 3 is 2.05 bits per heavy atom. The number of hydrogen-bond acceptors (Lipinski definition) is 4. The number of pyridine rings is 1. The Kier molecular flexibility index (Phi) is 11.1. The summed E-state index contributed by atoms with van der Waals surface area (Å²) in [5.41, 5.74) is 7.73. The monoisotopic (exact) mass is 533 g/mol. The molecule has 0 spiro atoms. The fourth-order valence-electron chi connectivity index (χ4n) is 5.25. The van der Waals surface area contributed by atoms with Crippen LogP contribution in [0.2, 0.25) is 0 Å². The van der Waals surface area contributed by atoms with Crippen LogP contribution in [0.3, 0.4) is 0 Å². The molecule has 0 N–H and O–H groups in total. The van der Waals surface area contributed by atoms with E-state index in [9.17, 15) is 0 Å². The zero-order valence-corrected chi connectivity index (χ0v) is 24.5. The van der Waals surface area contributed by atoms with Crippen molar-refractivity contribution >= 4 is 11.1 Å². The molecule has 5 rings (SSSR count). The van der Waals surface area contributed by atoms with Gasteiger partial charge < -0.3 is 9.64 Å². The van der Waals surface area contributed by atoms with Crippen LogP contribution < -0.4 is 4.74 Å². The second-order valence-corrected chi connectivity index (χ2v) is 10.5. The van der Waals surface area contributed by atoms with Gasteiger partial charge in [0.05, 0.1) is 0 Å². The van der Waals surface area contributed by atoms with Crippen molar-refractivity contribution in [3.8, 4) is 5.75 Å². The molecule has 4 nitrogen and oxygen atoms in total. The lowest BCUT2D eigenvalue weighted by Crippen LogP contribution is -2.19. The van der Waals surface area contributed by atoms with Gasteiger partial charge in [-0.05, 0) is 98.5 Å². The molecular formula is C36H43N3O. The molecule has 1 atom stereocenters. The Balaban J connectivity index is 0.000000255. The largest absolute Gasteiger partial charge is 0.492 e. The van der Waals surface area contributed by atoms with Gasteiger partial charge in [-0.1, -0.05) is 85.8 Å². The Hall–Kier alpha value is -3.73. The van der Waals surface area contributed by atoms with E-state index in [4.69, 9.17) is 4.74 Å². The fraction of sp³-hybridized carbons (Fsp3) is 0.306. The van der Waals surface area contributed by atoms with E-state index >= 15 is 0 Å². The maximum atomic E-state index is 5.87. The topological polar surface area (TPSA) is 28.6 Å². The molecule has 1 aliphatic rings. The third-order valence-electron chi connectivity index (χ3n) is 7.38. The second kappa shape index (κ2) is 15.2. The van der Waals surface area contributed by atoms with Crippen LogP contribution in [0, 0.1) is 0 Å². The summed E-state index contributed by atoms with van der Waals surface area (Å²) in [6, 6.07) is 34.6. The van der Waals surface area contributed by atoms with Crippen molar-refractivity contribution in [2.45, 2.75) is 32.2 Å². The minimum atomic E-state index is 0.610. The summed E-state index contributed by atoms with van der Waals surface area (Å²) < 4.78 is 5.87. The van der Waals surface area contributed by atoms with E-state index in [1.165, 1.54) is 52.8 Å². The Morgan fingerprint density at radius 1 is 0.850 bits per heavy atom. The van der Waals surface area contributed by atoms with Crippen molar-refractivity contribution < 1.29 is 4.74 Å². The van der Waals surface area contributed by atoms with Gasteiger partial charge in [-0.2, -0.15) is 0 Å². The molecule has 1 aliphatic heterocycles. The molecule has 40 heavy (non-hydrogen) atoms. The third kappa shape index (κ3) is 8.14. The van der Waals surface area contributed by atoms with Crippen molar-refractivity contribution in [3.05, 3.63) is 132 Å². The molecule has 1 fully saturated rings. The van der Waals surface area contributed by atoms with E-state index in [-0.39, 0.29) is 0 Å². The maximum absolute atomic E-state index is 5.87. The molecular weight excluding hydrogens is 490 g/mol. The molecule has 208 valence electrons. The number of likely N-dealkylation sites (tertiary alicyclic amines) is 1. The normalized spacial score (nSPS) is 15.8. The van der Waals surface area contributed by atoms with Gasteiger partial charge in [0.15, 0.2) is 0 Å². The predicted octanol–water partition coefficient (Wildman–Crippen LogP) is 7.84. The fourth-order valence-corrected chi connectivity index (χ4v) is 5.25. The highest BCUT2D eigenvalue weighted by atomic mass is 16.5. The van der Waals surface area contributed by atoms with Crippen LogP contribution >= 0.6 is 0 Å². The summed E-state index contributed by atoms with van der Waals surface area (Å²) in [5, 5.41) is 0. The lowest BCUT2D eigenvalue weighted by Gasteiger charge is -2.18. The number of rotatable bonds is 9. The van der Waals surface area contributed by atoms with Crippen molar-refractivity contribution in [3.63, 3.8) is 0 Å². The Bertz CT molecular complexity index is 1300. The van der Waals surface area contributed by atoms with Crippen LogP contribution in [-0.2, 0) is 0 Å². The molecule has 0 bridgehead atoms. The standard InChI is InChI=1S/C26H29NO.C10H14N2/c1-4-25(21-11-7-5-8-12-21)26(22-13-9-6-10-14-22)23-15-17-24(18-16-23)28-20-19-27(2)3;1-12-7-3-5-10(12)9-4-2-6-11-8-9/h5-18H,4,19-20H2,1-3H3;2,4,6,8,10H,3,5,7H2,1H3/b26-25-;/t;10-/m.0/s1. The molecule has 0 aliphatic carbocycles. The molecule has 0 saturated carbocycles. The lowest BCUT2D eigenvalue weighted by atomic mass is 9.88. The van der Waals surface area contributed by atoms with Crippen LogP contribution in [0.5, 0.6) is 5.75 Å². The molecule has 1 saturated heterocycles. The van der Waals surface area contributed by atoms with E-state index in [1.54, 1.807) is 0 Å². The highest BCUT2D eigenvalue weighted by molar-refractivity contribution is 5.98. The van der Waals surface area contributed by atoms with Crippen molar-refractivity contribution in [2.75, 3.05) is 40.8 Å². The van der Waals surface area contributed by atoms with E-state index in [0.29, 0.717) is 12.6 Å². The molecule has 0 amide bonds. The second-order valence-electron chi connectivity index (χ2n) is 10.5. The first-order valence-electron chi connectivity index (χ1n) is 14.4. The molecule has 0 unspecified atom stereocenters. The highest BCUT2D eigenvalue weighted by Crippen LogP contribution is 2.35. The number of likely N-dealkylation sites (N-methyl/N-ethyl adjacent to an activating group) is 1. The molecule has 1 aromatic heterocycles. The number of hydrogen-bond donors (Lipinski definition) is 0. The van der Waals surface area contributed by atoms with Crippen LogP contribution in [0.4, 0.5) is 0 Å². The summed E-state index contributed by atoms with van der Waals surface area (Å²) in [6.07, 6.45) is 7.37. The van der Waals surface area contributed by atoms with Crippen LogP contribution in [0.15, 0.2) is 109 Å². The third-order valence-corrected chi connectivity index (χ3v) is 7.38. The molecule has 3 aromatic carbocycles. The predicted molar refractivity (Wildman–Crippen MR) is 168 cm³/mol. The average Bonchev–Trinajstić information content (AvgIpc) is 3.43. The van der Waals surface area contributed by atoms with Crippen LogP contribution in [0.1, 0.15) is 54.5 Å². The molecule has 4 heteroatoms. The lowest BCUT2D eigenvalue weighted by molar-refractivity contribution is 0.261. The minimum absolute atomic E-state index is 0.610. The summed E-state index contributed by atoms with van der Waals surface area (Å²) in [7, 11) is 6.29. The number of benzene rings is 3. The van der Waals surface area contributed by atoms with E-state index in [2.05, 4.69) is 134 Å². The van der Waals surface area contributed by atoms with Crippen molar-refractivity contribution in [2.24, 2.45) is 0 Å². The number of aromatic nitrogens is 1. The SMILES string of the molecule is CC/C(=C(\c1ccccc1)c1ccc(OCCN(C)C)cc1)c1ccccc1.CN1CCC[C@H]1c1cccnc1. The summed E-state index contributed by atoms with van der Waals surface area (Å²) in [5.74, 6) is 0.913. The van der Waals surface area contributed by atoms with Gasteiger partial charge in [0.2, 0.25) is 0 Å². The number of nitrogens with zero attached hydrogens (tertiary/aromatic N) is 3. The van der Waals surface area contributed by atoms with E-state index in [0.717, 1.165) is 18.7 Å². The van der Waals surface area contributed by atoms with Crippen molar-refractivity contribution in [1.82, 2.24) is 14.8 Å². The first-order chi connectivity index (χ1) is 19.6. The summed E-state index contributed by atoms with van der Waals surface area (Å²) in [4.78, 5) is 8.66. The average molecular weight is 534 g/mol. The minimum Gasteiger partial charge on any atom is -0.492 e. The molecule has 4 aromatic rings. The smallest absolute Gasteiger partial charge is 0.119 e. The van der Waals surface area contributed by atoms with Gasteiger partial charge >= 0.3 is 0 Å². The summed E-state index contributed by atoms with van der Waals surface area (Å²) >= 11 is 0. The van der Waals surface area contributed by atoms with Gasteiger partial charge in [-0.15, -0.1) is 0 Å².